The number of likely N-dealkylation sites (N-methyl/N-ethyl adjacent to an activating group) is 1. The quantitative estimate of drug-likeness (QED) is 0.843. The molecule has 20 heavy (non-hydrogen) atoms. The summed E-state index contributed by atoms with van der Waals surface area (Å²) in [5.41, 5.74) is 1.03. The molecule has 1 unspecified atom stereocenters. The average Bonchev–Trinajstić information content (AvgIpc) is 2.98. The van der Waals surface area contributed by atoms with Crippen molar-refractivity contribution in [1.82, 2.24) is 4.90 Å². The van der Waals surface area contributed by atoms with Gasteiger partial charge >= 0.3 is 0 Å². The van der Waals surface area contributed by atoms with Crippen LogP contribution >= 0.6 is 11.3 Å². The van der Waals surface area contributed by atoms with Gasteiger partial charge < -0.3 is 9.64 Å². The maximum Gasteiger partial charge on any atom is 0.228 e. The third kappa shape index (κ3) is 3.20. The Labute approximate surface area is 123 Å². The number of rotatable bonds is 5. The highest BCUT2D eigenvalue weighted by molar-refractivity contribution is 7.10. The zero-order chi connectivity index (χ0) is 14.5. The first-order chi connectivity index (χ1) is 9.63. The fraction of sp³-hybridized carbons (Fsp3) is 0.312. The van der Waals surface area contributed by atoms with Gasteiger partial charge in [-0.1, -0.05) is 24.3 Å². The fourth-order valence-electron chi connectivity index (χ4n) is 2.12. The molecule has 2 aromatic rings. The predicted molar refractivity (Wildman–Crippen MR) is 82.2 cm³/mol. The van der Waals surface area contributed by atoms with Crippen LogP contribution in [0.2, 0.25) is 0 Å². The van der Waals surface area contributed by atoms with Gasteiger partial charge in [0, 0.05) is 17.5 Å². The lowest BCUT2D eigenvalue weighted by Crippen LogP contribution is -2.31. The summed E-state index contributed by atoms with van der Waals surface area (Å²) in [7, 11) is 3.49. The molecule has 0 spiro atoms. The van der Waals surface area contributed by atoms with Crippen LogP contribution in [-0.2, 0) is 11.2 Å². The van der Waals surface area contributed by atoms with Crippen molar-refractivity contribution >= 4 is 17.2 Å². The summed E-state index contributed by atoms with van der Waals surface area (Å²) in [6.07, 6.45) is 0.452. The zero-order valence-electron chi connectivity index (χ0n) is 12.0. The van der Waals surface area contributed by atoms with E-state index in [4.69, 9.17) is 4.74 Å². The van der Waals surface area contributed by atoms with Gasteiger partial charge in [0.15, 0.2) is 0 Å². The lowest BCUT2D eigenvalue weighted by atomic mass is 10.1. The van der Waals surface area contributed by atoms with Crippen LogP contribution < -0.4 is 4.74 Å². The van der Waals surface area contributed by atoms with Crippen molar-refractivity contribution in [3.63, 3.8) is 0 Å². The van der Waals surface area contributed by atoms with Crippen LogP contribution in [0.4, 0.5) is 0 Å². The Bertz CT molecular complexity index is 566. The number of nitrogens with zero attached hydrogens (tertiary/aromatic N) is 1. The van der Waals surface area contributed by atoms with Gasteiger partial charge in [0.25, 0.3) is 0 Å². The Hall–Kier alpha value is -1.81. The van der Waals surface area contributed by atoms with Crippen LogP contribution in [0.15, 0.2) is 41.8 Å². The highest BCUT2D eigenvalue weighted by Gasteiger charge is 2.20. The topological polar surface area (TPSA) is 29.5 Å². The van der Waals surface area contributed by atoms with Crippen molar-refractivity contribution in [1.29, 1.82) is 0 Å². The van der Waals surface area contributed by atoms with Crippen molar-refractivity contribution in [2.24, 2.45) is 0 Å². The molecular weight excluding hydrogens is 270 g/mol. The number of carbonyl (C=O) groups excluding carboxylic acids is 1. The minimum atomic E-state index is -0.0152. The number of benzene rings is 1. The number of methoxy groups -OCH3 is 1. The van der Waals surface area contributed by atoms with Gasteiger partial charge in [-0.15, -0.1) is 11.3 Å². The summed E-state index contributed by atoms with van der Waals surface area (Å²) in [5, 5.41) is 1.99. The van der Waals surface area contributed by atoms with Crippen molar-refractivity contribution in [2.75, 3.05) is 14.2 Å². The molecule has 0 N–H and O–H groups in total. The monoisotopic (exact) mass is 289 g/mol. The summed E-state index contributed by atoms with van der Waals surface area (Å²) < 4.78 is 5.37. The number of thiophene rings is 1. The molecule has 2 rings (SSSR count). The van der Waals surface area contributed by atoms with Gasteiger partial charge in [-0.05, 0) is 24.4 Å². The average molecular weight is 289 g/mol. The minimum Gasteiger partial charge on any atom is -0.496 e. The van der Waals surface area contributed by atoms with E-state index in [0.717, 1.165) is 16.2 Å². The molecule has 0 saturated carbocycles. The number of para-hydroxylation sites is 1. The molecule has 4 heteroatoms. The molecule has 1 aromatic heterocycles. The van der Waals surface area contributed by atoms with Crippen molar-refractivity contribution in [2.45, 2.75) is 19.4 Å². The summed E-state index contributed by atoms with van der Waals surface area (Å²) in [4.78, 5) is 15.2. The van der Waals surface area contributed by atoms with E-state index in [-0.39, 0.29) is 11.9 Å². The summed E-state index contributed by atoms with van der Waals surface area (Å²) in [6.45, 7) is 2.02. The summed E-state index contributed by atoms with van der Waals surface area (Å²) >= 11 is 1.61. The summed E-state index contributed by atoms with van der Waals surface area (Å²) in [6, 6.07) is 11.8. The van der Waals surface area contributed by atoms with Gasteiger partial charge in [0.1, 0.15) is 5.75 Å². The molecule has 0 fully saturated rings. The Kier molecular flexibility index (Phi) is 4.79. The Morgan fingerprint density at radius 3 is 2.70 bits per heavy atom. The molecule has 1 heterocycles. The van der Waals surface area contributed by atoms with E-state index in [9.17, 15) is 4.79 Å². The molecule has 1 aromatic carbocycles. The molecule has 1 atom stereocenters. The van der Waals surface area contributed by atoms with Crippen LogP contribution in [0.5, 0.6) is 5.75 Å². The summed E-state index contributed by atoms with van der Waals surface area (Å²) in [5.74, 6) is 0.932. The van der Waals surface area contributed by atoms with Gasteiger partial charge in [0.05, 0.1) is 19.6 Å². The first kappa shape index (κ1) is 14.6. The smallest absolute Gasteiger partial charge is 0.228 e. The Balaban J connectivity index is 2.11. The SMILES string of the molecule is COc1ccccc1C(C)N(C)C(=O)Cc1cccs1. The number of carbonyl (C=O) groups is 1. The van der Waals surface area contributed by atoms with Crippen LogP contribution in [0.1, 0.15) is 23.4 Å². The number of hydrogen-bond donors (Lipinski definition) is 0. The molecule has 106 valence electrons. The van der Waals surface area contributed by atoms with Crippen LogP contribution in [0.3, 0.4) is 0 Å². The maximum absolute atomic E-state index is 12.3. The Morgan fingerprint density at radius 1 is 1.30 bits per heavy atom. The third-order valence-electron chi connectivity index (χ3n) is 3.47. The molecule has 0 aliphatic heterocycles. The standard InChI is InChI=1S/C16H19NO2S/c1-12(14-8-4-5-9-15(14)19-3)17(2)16(18)11-13-7-6-10-20-13/h4-10,12H,11H2,1-3H3. The van der Waals surface area contributed by atoms with Crippen molar-refractivity contribution in [3.05, 3.63) is 52.2 Å². The molecule has 0 saturated heterocycles. The van der Waals surface area contributed by atoms with Crippen LogP contribution in [-0.4, -0.2) is 25.0 Å². The van der Waals surface area contributed by atoms with E-state index in [1.807, 2.05) is 55.7 Å². The largest absolute Gasteiger partial charge is 0.496 e. The first-order valence-electron chi connectivity index (χ1n) is 6.54. The van der Waals surface area contributed by atoms with Gasteiger partial charge in [-0.25, -0.2) is 0 Å². The molecule has 0 bridgehead atoms. The van der Waals surface area contributed by atoms with E-state index >= 15 is 0 Å². The fourth-order valence-corrected chi connectivity index (χ4v) is 2.82. The van der Waals surface area contributed by atoms with Crippen molar-refractivity contribution in [3.8, 4) is 5.75 Å². The lowest BCUT2D eigenvalue weighted by molar-refractivity contribution is -0.131. The van der Waals surface area contributed by atoms with Crippen LogP contribution in [0, 0.1) is 0 Å². The molecule has 0 aliphatic rings. The molecule has 0 radical (unpaired) electrons. The highest BCUT2D eigenvalue weighted by Crippen LogP contribution is 2.28. The Morgan fingerprint density at radius 2 is 2.05 bits per heavy atom. The van der Waals surface area contributed by atoms with E-state index in [0.29, 0.717) is 6.42 Å². The van der Waals surface area contributed by atoms with Gasteiger partial charge in [0.2, 0.25) is 5.91 Å². The zero-order valence-corrected chi connectivity index (χ0v) is 12.8. The van der Waals surface area contributed by atoms with Gasteiger partial charge in [-0.3, -0.25) is 4.79 Å². The second-order valence-electron chi connectivity index (χ2n) is 4.68. The molecule has 3 nitrogen and oxygen atoms in total. The number of amides is 1. The van der Waals surface area contributed by atoms with Crippen molar-refractivity contribution < 1.29 is 9.53 Å². The highest BCUT2D eigenvalue weighted by atomic mass is 32.1. The maximum atomic E-state index is 12.3. The van der Waals surface area contributed by atoms with E-state index in [1.165, 1.54) is 0 Å². The number of hydrogen-bond acceptors (Lipinski definition) is 3. The second kappa shape index (κ2) is 6.57. The molecule has 1 amide bonds. The van der Waals surface area contributed by atoms with E-state index < -0.39 is 0 Å². The normalized spacial score (nSPS) is 11.9. The van der Waals surface area contributed by atoms with Gasteiger partial charge in [-0.2, -0.15) is 0 Å². The minimum absolute atomic E-state index is 0.0152. The van der Waals surface area contributed by atoms with E-state index in [2.05, 4.69) is 0 Å². The lowest BCUT2D eigenvalue weighted by Gasteiger charge is -2.26. The van der Waals surface area contributed by atoms with Crippen LogP contribution in [0.25, 0.3) is 0 Å². The first-order valence-corrected chi connectivity index (χ1v) is 7.42. The molecular formula is C16H19NO2S. The third-order valence-corrected chi connectivity index (χ3v) is 4.35. The number of ether oxygens (including phenoxy) is 1. The molecule has 0 aliphatic carbocycles. The second-order valence-corrected chi connectivity index (χ2v) is 5.71. The van der Waals surface area contributed by atoms with E-state index in [1.54, 1.807) is 23.3 Å². The predicted octanol–water partition coefficient (Wildman–Crippen LogP) is 3.52.